The Kier molecular flexibility index (Phi) is 4.79. The maximum absolute atomic E-state index is 13.0. The van der Waals surface area contributed by atoms with Crippen LogP contribution in [0.2, 0.25) is 0 Å². The van der Waals surface area contributed by atoms with Crippen LogP contribution in [0.4, 0.5) is 10.5 Å². The molecule has 0 saturated carbocycles. The Morgan fingerprint density at radius 1 is 1.26 bits per heavy atom. The third kappa shape index (κ3) is 3.48. The van der Waals surface area contributed by atoms with Crippen molar-refractivity contribution in [3.8, 4) is 6.07 Å². The first-order valence-electron chi connectivity index (χ1n) is 10.5. The fraction of sp³-hybridized carbons (Fsp3) is 0.304. The number of nitrogens with zero attached hydrogens (tertiary/aromatic N) is 5. The number of piperidine rings is 1. The van der Waals surface area contributed by atoms with Gasteiger partial charge in [0.1, 0.15) is 5.82 Å². The molecule has 0 unspecified atom stereocenters. The molecule has 4 aromatic rings. The second-order valence-corrected chi connectivity index (χ2v) is 8.13. The summed E-state index contributed by atoms with van der Waals surface area (Å²) in [5.41, 5.74) is 4.44. The fourth-order valence-corrected chi connectivity index (χ4v) is 4.35. The zero-order valence-corrected chi connectivity index (χ0v) is 17.2. The molecule has 156 valence electrons. The van der Waals surface area contributed by atoms with Gasteiger partial charge in [-0.2, -0.15) is 5.26 Å². The molecule has 2 atom stereocenters. The van der Waals surface area contributed by atoms with Crippen molar-refractivity contribution in [1.82, 2.24) is 24.3 Å². The quantitative estimate of drug-likeness (QED) is 0.531. The topological polar surface area (TPSA) is 102 Å². The number of nitrogens with one attached hydrogen (secondary N) is 2. The number of benzene rings is 1. The molecule has 2 N–H and O–H groups in total. The number of anilines is 1. The van der Waals surface area contributed by atoms with Crippen LogP contribution in [-0.4, -0.2) is 43.4 Å². The first-order chi connectivity index (χ1) is 15.1. The van der Waals surface area contributed by atoms with Crippen molar-refractivity contribution in [2.24, 2.45) is 5.92 Å². The van der Waals surface area contributed by atoms with Crippen molar-refractivity contribution < 1.29 is 4.79 Å². The first kappa shape index (κ1) is 19.1. The Labute approximate surface area is 179 Å². The smallest absolute Gasteiger partial charge is 0.321 e. The number of hydrogen-bond acceptors (Lipinski definition) is 4. The number of carbonyl (C=O) groups excluding carboxylic acids is 1. The molecule has 1 aromatic carbocycles. The molecular weight excluding hydrogens is 390 g/mol. The van der Waals surface area contributed by atoms with Crippen LogP contribution in [0.1, 0.15) is 30.7 Å². The highest BCUT2D eigenvalue weighted by Gasteiger charge is 2.33. The Balaban J connectivity index is 1.38. The van der Waals surface area contributed by atoms with Gasteiger partial charge in [-0.15, -0.1) is 0 Å². The minimum Gasteiger partial charge on any atom is -0.345 e. The Bertz CT molecular complexity index is 1280. The van der Waals surface area contributed by atoms with Crippen LogP contribution in [0.5, 0.6) is 0 Å². The summed E-state index contributed by atoms with van der Waals surface area (Å²) in [5.74, 6) is 1.50. The number of H-pyrrole nitrogens is 1. The maximum Gasteiger partial charge on any atom is 0.321 e. The Hall–Kier alpha value is -3.86. The van der Waals surface area contributed by atoms with Crippen LogP contribution >= 0.6 is 0 Å². The SMILES string of the molecule is C[C@@H]1CCN(C(=O)Nc2ccc(CC#N)cc2)C[C@@H]1c1ncc2cnc3[nH]ccc3n12. The van der Waals surface area contributed by atoms with Gasteiger partial charge in [0.2, 0.25) is 0 Å². The van der Waals surface area contributed by atoms with E-state index < -0.39 is 0 Å². The fourth-order valence-electron chi connectivity index (χ4n) is 4.35. The molecule has 8 heteroatoms. The van der Waals surface area contributed by atoms with Gasteiger partial charge in [-0.1, -0.05) is 19.1 Å². The highest BCUT2D eigenvalue weighted by Crippen LogP contribution is 2.33. The molecule has 0 bridgehead atoms. The summed E-state index contributed by atoms with van der Waals surface area (Å²) in [4.78, 5) is 27.2. The van der Waals surface area contributed by atoms with Crippen molar-refractivity contribution >= 4 is 28.4 Å². The summed E-state index contributed by atoms with van der Waals surface area (Å²) in [7, 11) is 0. The number of nitriles is 1. The largest absolute Gasteiger partial charge is 0.345 e. The molecule has 1 saturated heterocycles. The monoisotopic (exact) mass is 413 g/mol. The van der Waals surface area contributed by atoms with Crippen LogP contribution in [0.25, 0.3) is 16.7 Å². The molecule has 1 aliphatic heterocycles. The zero-order valence-electron chi connectivity index (χ0n) is 17.2. The second kappa shape index (κ2) is 7.76. The standard InChI is InChI=1S/C23H23N7O/c1-15-8-11-29(23(31)28-17-4-2-16(3-5-17)6-9-24)14-19(15)22-27-13-18-12-26-21-20(30(18)22)7-10-25-21/h2-5,7,10,12-13,15,19,25H,6,8,11,14H2,1H3,(H,28,31)/t15-,19+/m1/s1. The van der Waals surface area contributed by atoms with Crippen LogP contribution in [-0.2, 0) is 6.42 Å². The van der Waals surface area contributed by atoms with Crippen molar-refractivity contribution in [3.63, 3.8) is 0 Å². The van der Waals surface area contributed by atoms with Gasteiger partial charge in [0.15, 0.2) is 5.65 Å². The van der Waals surface area contributed by atoms with Crippen LogP contribution in [0.3, 0.4) is 0 Å². The van der Waals surface area contributed by atoms with E-state index in [1.807, 2.05) is 53.8 Å². The highest BCUT2D eigenvalue weighted by atomic mass is 16.2. The van der Waals surface area contributed by atoms with Crippen LogP contribution < -0.4 is 5.32 Å². The van der Waals surface area contributed by atoms with Gasteiger partial charge >= 0.3 is 6.03 Å². The van der Waals surface area contributed by atoms with Crippen LogP contribution in [0.15, 0.2) is 48.9 Å². The number of rotatable bonds is 3. The van der Waals surface area contributed by atoms with E-state index in [0.717, 1.165) is 40.2 Å². The number of carbonyl (C=O) groups is 1. The van der Waals surface area contributed by atoms with Crippen LogP contribution in [0, 0.1) is 17.2 Å². The van der Waals surface area contributed by atoms with Crippen molar-refractivity contribution in [1.29, 1.82) is 5.26 Å². The van der Waals surface area contributed by atoms with E-state index in [9.17, 15) is 4.79 Å². The molecule has 1 fully saturated rings. The van der Waals surface area contributed by atoms with E-state index in [2.05, 4.69) is 32.7 Å². The van der Waals surface area contributed by atoms with Gasteiger partial charge in [0.25, 0.3) is 0 Å². The van der Waals surface area contributed by atoms with E-state index in [1.165, 1.54) is 0 Å². The maximum atomic E-state index is 13.0. The molecule has 4 heterocycles. The average Bonchev–Trinajstić information content (AvgIpc) is 3.42. The average molecular weight is 413 g/mol. The minimum absolute atomic E-state index is 0.112. The summed E-state index contributed by atoms with van der Waals surface area (Å²) in [6.07, 6.45) is 6.83. The molecule has 5 rings (SSSR count). The van der Waals surface area contributed by atoms with Gasteiger partial charge in [-0.25, -0.2) is 14.8 Å². The first-order valence-corrected chi connectivity index (χ1v) is 10.5. The van der Waals surface area contributed by atoms with Crippen molar-refractivity contribution in [3.05, 3.63) is 60.3 Å². The number of fused-ring (bicyclic) bond motifs is 3. The zero-order chi connectivity index (χ0) is 21.4. The molecule has 0 spiro atoms. The summed E-state index contributed by atoms with van der Waals surface area (Å²) in [6, 6.07) is 11.4. The summed E-state index contributed by atoms with van der Waals surface area (Å²) >= 11 is 0. The van der Waals surface area contributed by atoms with Gasteiger partial charge in [-0.05, 0) is 36.1 Å². The lowest BCUT2D eigenvalue weighted by Crippen LogP contribution is -2.44. The number of amides is 2. The predicted octanol–water partition coefficient (Wildman–Crippen LogP) is 3.93. The number of imidazole rings is 1. The van der Waals surface area contributed by atoms with E-state index in [1.54, 1.807) is 0 Å². The normalized spacial score (nSPS) is 18.9. The Morgan fingerprint density at radius 2 is 2.06 bits per heavy atom. The lowest BCUT2D eigenvalue weighted by atomic mass is 9.86. The molecule has 0 radical (unpaired) electrons. The van der Waals surface area contributed by atoms with E-state index in [0.29, 0.717) is 25.4 Å². The van der Waals surface area contributed by atoms with Gasteiger partial charge < -0.3 is 15.2 Å². The molecule has 3 aromatic heterocycles. The van der Waals surface area contributed by atoms with Gasteiger partial charge in [0.05, 0.1) is 35.9 Å². The third-order valence-corrected chi connectivity index (χ3v) is 6.15. The van der Waals surface area contributed by atoms with E-state index in [-0.39, 0.29) is 11.9 Å². The number of aromatic amines is 1. The van der Waals surface area contributed by atoms with Gasteiger partial charge in [0, 0.05) is 30.9 Å². The molecule has 1 aliphatic rings. The summed E-state index contributed by atoms with van der Waals surface area (Å²) in [6.45, 7) is 3.54. The molecule has 2 amide bonds. The van der Waals surface area contributed by atoms with Crippen molar-refractivity contribution in [2.45, 2.75) is 25.7 Å². The number of hydrogen-bond donors (Lipinski definition) is 2. The number of urea groups is 1. The summed E-state index contributed by atoms with van der Waals surface area (Å²) in [5, 5.41) is 11.8. The lowest BCUT2D eigenvalue weighted by Gasteiger charge is -2.36. The molecule has 0 aliphatic carbocycles. The predicted molar refractivity (Wildman–Crippen MR) is 118 cm³/mol. The van der Waals surface area contributed by atoms with Gasteiger partial charge in [-0.3, -0.25) is 4.40 Å². The second-order valence-electron chi connectivity index (χ2n) is 8.13. The minimum atomic E-state index is -0.112. The molecule has 31 heavy (non-hydrogen) atoms. The lowest BCUT2D eigenvalue weighted by molar-refractivity contribution is 0.170. The number of aromatic nitrogens is 4. The summed E-state index contributed by atoms with van der Waals surface area (Å²) < 4.78 is 2.15. The Morgan fingerprint density at radius 3 is 2.87 bits per heavy atom. The third-order valence-electron chi connectivity index (χ3n) is 6.15. The molecular formula is C23H23N7O. The van der Waals surface area contributed by atoms with E-state index in [4.69, 9.17) is 10.2 Å². The number of likely N-dealkylation sites (tertiary alicyclic amines) is 1. The molecule has 8 nitrogen and oxygen atoms in total. The highest BCUT2D eigenvalue weighted by molar-refractivity contribution is 5.89. The van der Waals surface area contributed by atoms with E-state index >= 15 is 0 Å². The van der Waals surface area contributed by atoms with Crippen molar-refractivity contribution in [2.75, 3.05) is 18.4 Å².